The number of benzene rings is 4. The van der Waals surface area contributed by atoms with E-state index in [0.717, 1.165) is 32.2 Å². The topological polar surface area (TPSA) is 30.0 Å². The Kier molecular flexibility index (Phi) is 3.71. The fourth-order valence-corrected chi connectivity index (χ4v) is 10.8. The first-order valence-corrected chi connectivity index (χ1v) is 13.6. The number of nitrogens with zero attached hydrogens (tertiary/aromatic N) is 1. The van der Waals surface area contributed by atoms with E-state index in [2.05, 4.69) is 88.4 Å². The maximum Gasteiger partial charge on any atom is 0.172 e. The summed E-state index contributed by atoms with van der Waals surface area (Å²) < 4.78 is 15.6. The Morgan fingerprint density at radius 2 is 1.32 bits per heavy atom. The first-order chi connectivity index (χ1) is 16.3. The molecule has 0 radical (unpaired) electrons. The van der Waals surface area contributed by atoms with Crippen LogP contribution in [0.2, 0.25) is 0 Å². The van der Waals surface area contributed by atoms with E-state index >= 15 is 4.57 Å². The highest BCUT2D eigenvalue weighted by molar-refractivity contribution is 7.86. The van der Waals surface area contributed by atoms with E-state index in [1.54, 1.807) is 0 Å². The van der Waals surface area contributed by atoms with E-state index in [4.69, 9.17) is 4.98 Å². The molecule has 0 fully saturated rings. The van der Waals surface area contributed by atoms with Gasteiger partial charge >= 0.3 is 0 Å². The predicted octanol–water partition coefficient (Wildman–Crippen LogP) is 6.31. The Morgan fingerprint density at radius 1 is 0.676 bits per heavy atom. The molecule has 0 N–H and O–H groups in total. The van der Waals surface area contributed by atoms with Gasteiger partial charge in [0.25, 0.3) is 0 Å². The van der Waals surface area contributed by atoms with Gasteiger partial charge in [0.2, 0.25) is 0 Å². The number of pyridine rings is 1. The summed E-state index contributed by atoms with van der Waals surface area (Å²) in [5.41, 5.74) is 5.16. The van der Waals surface area contributed by atoms with Gasteiger partial charge in [0, 0.05) is 43.7 Å². The van der Waals surface area contributed by atoms with E-state index in [9.17, 15) is 0 Å². The van der Waals surface area contributed by atoms with Crippen molar-refractivity contribution in [2.75, 3.05) is 0 Å². The third-order valence-corrected chi connectivity index (χ3v) is 11.5. The monoisotopic (exact) mass is 459 g/mol. The second-order valence-electron chi connectivity index (χ2n) is 10.8. The smallest absolute Gasteiger partial charge is 0.172 e. The lowest BCUT2D eigenvalue weighted by Gasteiger charge is -2.47. The summed E-state index contributed by atoms with van der Waals surface area (Å²) in [7, 11) is -3.06. The molecule has 0 saturated heterocycles. The van der Waals surface area contributed by atoms with Crippen molar-refractivity contribution in [3.63, 3.8) is 0 Å². The zero-order chi connectivity index (χ0) is 23.5. The van der Waals surface area contributed by atoms with Crippen molar-refractivity contribution < 1.29 is 4.57 Å². The lowest BCUT2D eigenvalue weighted by molar-refractivity contribution is 0.578. The van der Waals surface area contributed by atoms with Crippen LogP contribution in [0.1, 0.15) is 49.9 Å². The van der Waals surface area contributed by atoms with Crippen LogP contribution in [0.3, 0.4) is 0 Å². The van der Waals surface area contributed by atoms with Crippen molar-refractivity contribution >= 4 is 44.7 Å². The Bertz CT molecular complexity index is 1730. The number of fused-ring (bicyclic) bond motifs is 8. The molecule has 166 valence electrons. The molecular weight excluding hydrogens is 433 g/mol. The normalized spacial score (nSPS) is 21.1. The highest BCUT2D eigenvalue weighted by atomic mass is 31.2. The molecule has 7 rings (SSSR count). The summed E-state index contributed by atoms with van der Waals surface area (Å²) in [6.45, 7) is 9.15. The van der Waals surface area contributed by atoms with Crippen molar-refractivity contribution in [3.8, 4) is 0 Å². The molecule has 1 atom stereocenters. The zero-order valence-electron chi connectivity index (χ0n) is 19.9. The summed E-state index contributed by atoms with van der Waals surface area (Å²) in [6.07, 6.45) is 1.87. The Hall–Kier alpha value is -3.22. The Morgan fingerprint density at radius 3 is 2.03 bits per heavy atom. The molecule has 0 bridgehead atoms. The van der Waals surface area contributed by atoms with Crippen LogP contribution in [0.25, 0.3) is 21.7 Å². The lowest BCUT2D eigenvalue weighted by Crippen LogP contribution is -2.50. The predicted molar refractivity (Wildman–Crippen MR) is 143 cm³/mol. The average Bonchev–Trinajstić information content (AvgIpc) is 2.85. The molecule has 0 spiro atoms. The van der Waals surface area contributed by atoms with Gasteiger partial charge in [-0.25, -0.2) is 0 Å². The SMILES string of the molecule is CC1(C)c2ccccc2P2(=O)c3ccccc3C(C)(C)c3c2c1cc1c3ccc2cccnc21. The van der Waals surface area contributed by atoms with Gasteiger partial charge in [0.1, 0.15) is 0 Å². The van der Waals surface area contributed by atoms with Gasteiger partial charge in [0.15, 0.2) is 7.14 Å². The van der Waals surface area contributed by atoms with Gasteiger partial charge < -0.3 is 4.57 Å². The van der Waals surface area contributed by atoms with Crippen molar-refractivity contribution in [2.24, 2.45) is 0 Å². The van der Waals surface area contributed by atoms with Crippen molar-refractivity contribution in [2.45, 2.75) is 38.5 Å². The molecule has 0 amide bonds. The molecule has 2 nitrogen and oxygen atoms in total. The van der Waals surface area contributed by atoms with Crippen LogP contribution < -0.4 is 15.9 Å². The van der Waals surface area contributed by atoms with Crippen LogP contribution in [-0.2, 0) is 15.4 Å². The molecule has 0 saturated carbocycles. The minimum atomic E-state index is -3.06. The van der Waals surface area contributed by atoms with Crippen molar-refractivity contribution in [1.29, 1.82) is 0 Å². The van der Waals surface area contributed by atoms with Crippen LogP contribution in [0.15, 0.2) is 85.1 Å². The van der Waals surface area contributed by atoms with Crippen LogP contribution in [0, 0.1) is 0 Å². The molecule has 1 aromatic heterocycles. The summed E-state index contributed by atoms with van der Waals surface area (Å²) in [6, 6.07) is 27.6. The fraction of sp³-hybridized carbons (Fsp3) is 0.194. The van der Waals surface area contributed by atoms with Gasteiger partial charge in [-0.15, -0.1) is 0 Å². The fourth-order valence-electron chi connectivity index (χ4n) is 6.65. The minimum absolute atomic E-state index is 0.276. The van der Waals surface area contributed by atoms with E-state index in [1.165, 1.54) is 27.6 Å². The largest absolute Gasteiger partial charge is 0.309 e. The molecule has 0 aliphatic carbocycles. The highest BCUT2D eigenvalue weighted by Gasteiger charge is 2.53. The standard InChI is InChI=1S/C31H26NOP/c1-30(2)22-11-5-7-13-25(22)34(33)26-14-8-6-12-23(26)31(3,4)27-20-16-15-19-10-9-17-32-28(19)21(20)18-24(30)29(27)34/h5-18H,1-4H3. The summed E-state index contributed by atoms with van der Waals surface area (Å²) in [4.78, 5) is 4.80. The lowest BCUT2D eigenvalue weighted by atomic mass is 9.70. The van der Waals surface area contributed by atoms with Gasteiger partial charge in [0.05, 0.1) is 5.52 Å². The molecule has 2 aliphatic rings. The second-order valence-corrected chi connectivity index (χ2v) is 13.4. The van der Waals surface area contributed by atoms with E-state index in [0.29, 0.717) is 0 Å². The summed E-state index contributed by atoms with van der Waals surface area (Å²) >= 11 is 0. The van der Waals surface area contributed by atoms with Crippen LogP contribution >= 0.6 is 7.14 Å². The molecule has 5 aromatic rings. The maximum absolute atomic E-state index is 15.6. The van der Waals surface area contributed by atoms with Crippen LogP contribution in [-0.4, -0.2) is 4.98 Å². The Balaban J connectivity index is 1.80. The molecular formula is C31H26NOP. The van der Waals surface area contributed by atoms with Gasteiger partial charge in [-0.3, -0.25) is 4.98 Å². The molecule has 3 heterocycles. The minimum Gasteiger partial charge on any atom is -0.309 e. The van der Waals surface area contributed by atoms with Gasteiger partial charge in [-0.2, -0.15) is 0 Å². The summed E-state index contributed by atoms with van der Waals surface area (Å²) in [5.74, 6) is 0. The molecule has 34 heavy (non-hydrogen) atoms. The first kappa shape index (κ1) is 20.2. The number of rotatable bonds is 0. The quantitative estimate of drug-likeness (QED) is 0.201. The number of hydrogen-bond acceptors (Lipinski definition) is 2. The molecule has 4 aromatic carbocycles. The summed E-state index contributed by atoms with van der Waals surface area (Å²) in [5, 5.41) is 6.50. The van der Waals surface area contributed by atoms with Crippen molar-refractivity contribution in [3.05, 3.63) is 107 Å². The van der Waals surface area contributed by atoms with E-state index in [-0.39, 0.29) is 10.8 Å². The number of aromatic nitrogens is 1. The molecule has 1 unspecified atom stereocenters. The van der Waals surface area contributed by atoms with Gasteiger partial charge in [-0.1, -0.05) is 94.4 Å². The Labute approximate surface area is 200 Å². The van der Waals surface area contributed by atoms with E-state index < -0.39 is 7.14 Å². The van der Waals surface area contributed by atoms with Crippen LogP contribution in [0.4, 0.5) is 0 Å². The average molecular weight is 460 g/mol. The zero-order valence-corrected chi connectivity index (χ0v) is 20.8. The second kappa shape index (κ2) is 6.26. The highest BCUT2D eigenvalue weighted by Crippen LogP contribution is 2.60. The van der Waals surface area contributed by atoms with E-state index in [1.807, 2.05) is 24.4 Å². The third kappa shape index (κ3) is 2.19. The van der Waals surface area contributed by atoms with Gasteiger partial charge in [-0.05, 0) is 39.8 Å². The number of hydrogen-bond donors (Lipinski definition) is 0. The first-order valence-electron chi connectivity index (χ1n) is 11.9. The third-order valence-electron chi connectivity index (χ3n) is 8.31. The molecule has 3 heteroatoms. The van der Waals surface area contributed by atoms with Crippen molar-refractivity contribution in [1.82, 2.24) is 4.98 Å². The molecule has 2 aliphatic heterocycles. The van der Waals surface area contributed by atoms with Crippen LogP contribution in [0.5, 0.6) is 0 Å². The maximum atomic E-state index is 15.6.